The van der Waals surface area contributed by atoms with Gasteiger partial charge in [-0.25, -0.2) is 4.57 Å². The van der Waals surface area contributed by atoms with Crippen molar-refractivity contribution < 1.29 is 4.57 Å². The van der Waals surface area contributed by atoms with E-state index in [1.165, 1.54) is 31.6 Å². The van der Waals surface area contributed by atoms with Crippen LogP contribution in [0, 0.1) is 5.41 Å². The Morgan fingerprint density at radius 3 is 2.59 bits per heavy atom. The molecule has 0 spiro atoms. The van der Waals surface area contributed by atoms with E-state index in [0.29, 0.717) is 17.4 Å². The average molecular weight is 231 g/mol. The van der Waals surface area contributed by atoms with E-state index in [4.69, 9.17) is 0 Å². The molecule has 0 N–H and O–H groups in total. The third-order valence-electron chi connectivity index (χ3n) is 5.16. The number of rotatable bonds is 1. The first kappa shape index (κ1) is 11.2. The van der Waals surface area contributed by atoms with E-state index in [9.17, 15) is 0 Å². The first-order valence-corrected chi connectivity index (χ1v) is 6.80. The average Bonchev–Trinajstić information content (AvgIpc) is 2.31. The molecule has 0 aliphatic carbocycles. The summed E-state index contributed by atoms with van der Waals surface area (Å²) >= 11 is 0. The maximum absolute atomic E-state index is 2.67. The fraction of sp³-hybridized carbons (Fsp3) is 0.667. The van der Waals surface area contributed by atoms with Crippen molar-refractivity contribution in [2.24, 2.45) is 12.5 Å². The SMILES string of the molecule is CC1C(c2cccc[n+]2C)C2(C)CCN1CC2. The van der Waals surface area contributed by atoms with Gasteiger partial charge in [0.1, 0.15) is 7.05 Å². The number of nitrogens with zero attached hydrogens (tertiary/aromatic N) is 2. The molecule has 2 bridgehead atoms. The Hall–Kier alpha value is -0.890. The van der Waals surface area contributed by atoms with Crippen LogP contribution in [0.5, 0.6) is 0 Å². The molecule has 0 amide bonds. The molecule has 3 fully saturated rings. The van der Waals surface area contributed by atoms with Gasteiger partial charge in [0.25, 0.3) is 0 Å². The van der Waals surface area contributed by atoms with Crippen molar-refractivity contribution in [2.45, 2.75) is 38.6 Å². The van der Waals surface area contributed by atoms with Crippen LogP contribution in [0.25, 0.3) is 0 Å². The van der Waals surface area contributed by atoms with Gasteiger partial charge in [0.05, 0.1) is 5.92 Å². The van der Waals surface area contributed by atoms with Gasteiger partial charge in [-0.1, -0.05) is 13.0 Å². The molecule has 4 heterocycles. The van der Waals surface area contributed by atoms with E-state index in [0.717, 1.165) is 0 Å². The number of pyridine rings is 1. The minimum absolute atomic E-state index is 0.507. The second kappa shape index (κ2) is 3.81. The number of aromatic nitrogens is 1. The van der Waals surface area contributed by atoms with Crippen molar-refractivity contribution in [1.29, 1.82) is 0 Å². The van der Waals surface area contributed by atoms with E-state index < -0.39 is 0 Å². The van der Waals surface area contributed by atoms with Crippen molar-refractivity contribution in [3.05, 3.63) is 30.1 Å². The molecule has 2 unspecified atom stereocenters. The number of fused-ring (bicyclic) bond motifs is 3. The van der Waals surface area contributed by atoms with Crippen LogP contribution in [0.2, 0.25) is 0 Å². The molecule has 2 atom stereocenters. The highest BCUT2D eigenvalue weighted by Gasteiger charge is 2.51. The van der Waals surface area contributed by atoms with Crippen LogP contribution in [-0.2, 0) is 7.05 Å². The largest absolute Gasteiger partial charge is 0.300 e. The van der Waals surface area contributed by atoms with Crippen LogP contribution in [0.3, 0.4) is 0 Å². The smallest absolute Gasteiger partial charge is 0.186 e. The Balaban J connectivity index is 2.05. The fourth-order valence-electron chi connectivity index (χ4n) is 4.01. The molecule has 2 nitrogen and oxygen atoms in total. The molecule has 0 aromatic carbocycles. The highest BCUT2D eigenvalue weighted by atomic mass is 15.2. The van der Waals surface area contributed by atoms with Gasteiger partial charge >= 0.3 is 0 Å². The van der Waals surface area contributed by atoms with Crippen LogP contribution in [0.1, 0.15) is 38.3 Å². The summed E-state index contributed by atoms with van der Waals surface area (Å²) in [5.74, 6) is 0.691. The molecule has 3 saturated heterocycles. The number of piperidine rings is 3. The summed E-state index contributed by atoms with van der Waals surface area (Å²) in [7, 11) is 2.18. The van der Waals surface area contributed by atoms with E-state index in [2.05, 4.69) is 54.8 Å². The lowest BCUT2D eigenvalue weighted by atomic mass is 9.62. The van der Waals surface area contributed by atoms with Crippen LogP contribution in [-0.4, -0.2) is 24.0 Å². The quantitative estimate of drug-likeness (QED) is 0.671. The highest BCUT2D eigenvalue weighted by molar-refractivity contribution is 5.16. The molecule has 3 aliphatic rings. The lowest BCUT2D eigenvalue weighted by molar-refractivity contribution is -0.682. The Labute approximate surface area is 104 Å². The van der Waals surface area contributed by atoms with Crippen molar-refractivity contribution in [3.8, 4) is 0 Å². The fourth-order valence-corrected chi connectivity index (χ4v) is 4.01. The minimum Gasteiger partial charge on any atom is -0.300 e. The normalized spacial score (nSPS) is 40.5. The lowest BCUT2D eigenvalue weighted by Gasteiger charge is -2.54. The van der Waals surface area contributed by atoms with Gasteiger partial charge in [-0.2, -0.15) is 0 Å². The Bertz CT molecular complexity index is 419. The van der Waals surface area contributed by atoms with E-state index in [1.54, 1.807) is 0 Å². The molecule has 0 radical (unpaired) electrons. The number of hydrogen-bond acceptors (Lipinski definition) is 1. The summed E-state index contributed by atoms with van der Waals surface area (Å²) in [6.07, 6.45) is 4.90. The molecule has 1 aromatic heterocycles. The van der Waals surface area contributed by atoms with Gasteiger partial charge in [-0.05, 0) is 38.3 Å². The van der Waals surface area contributed by atoms with Crippen LogP contribution in [0.15, 0.2) is 24.4 Å². The summed E-state index contributed by atoms with van der Waals surface area (Å²) in [6.45, 7) is 7.50. The lowest BCUT2D eigenvalue weighted by Crippen LogP contribution is -2.59. The number of aryl methyl sites for hydroxylation is 1. The second-order valence-electron chi connectivity index (χ2n) is 6.14. The third-order valence-corrected chi connectivity index (χ3v) is 5.16. The zero-order chi connectivity index (χ0) is 12.0. The maximum Gasteiger partial charge on any atom is 0.186 e. The van der Waals surface area contributed by atoms with E-state index >= 15 is 0 Å². The maximum atomic E-state index is 2.67. The summed E-state index contributed by atoms with van der Waals surface area (Å²) in [5, 5.41) is 0. The van der Waals surface area contributed by atoms with Gasteiger partial charge in [-0.3, -0.25) is 4.90 Å². The molecule has 2 heteroatoms. The van der Waals surface area contributed by atoms with Gasteiger partial charge in [0, 0.05) is 18.2 Å². The predicted molar refractivity (Wildman–Crippen MR) is 68.7 cm³/mol. The van der Waals surface area contributed by atoms with Gasteiger partial charge in [0.15, 0.2) is 11.9 Å². The first-order chi connectivity index (χ1) is 8.12. The number of hydrogen-bond donors (Lipinski definition) is 0. The van der Waals surface area contributed by atoms with Crippen molar-refractivity contribution in [2.75, 3.05) is 13.1 Å². The molecule has 92 valence electrons. The van der Waals surface area contributed by atoms with Gasteiger partial charge in [0.2, 0.25) is 0 Å². The molecule has 17 heavy (non-hydrogen) atoms. The standard InChI is InChI=1S/C15H23N2/c1-12-14(13-6-4-5-9-16(13)3)15(2)7-10-17(12)11-8-15/h4-6,9,12,14H,7-8,10-11H2,1-3H3/q+1. The predicted octanol–water partition coefficient (Wildman–Crippen LogP) is 2.10. The van der Waals surface area contributed by atoms with Crippen molar-refractivity contribution >= 4 is 0 Å². The highest BCUT2D eigenvalue weighted by Crippen LogP contribution is 2.51. The topological polar surface area (TPSA) is 7.12 Å². The Morgan fingerprint density at radius 1 is 1.29 bits per heavy atom. The minimum atomic E-state index is 0.507. The molecule has 0 saturated carbocycles. The zero-order valence-electron chi connectivity index (χ0n) is 11.2. The van der Waals surface area contributed by atoms with Crippen LogP contribution >= 0.6 is 0 Å². The molecule has 4 rings (SSSR count). The Morgan fingerprint density at radius 2 is 2.00 bits per heavy atom. The van der Waals surface area contributed by atoms with E-state index in [-0.39, 0.29) is 0 Å². The summed E-state index contributed by atoms with van der Waals surface area (Å²) in [5.41, 5.74) is 2.01. The first-order valence-electron chi connectivity index (χ1n) is 6.80. The second-order valence-corrected chi connectivity index (χ2v) is 6.14. The van der Waals surface area contributed by atoms with Crippen LogP contribution < -0.4 is 4.57 Å². The molecular weight excluding hydrogens is 208 g/mol. The molecule has 1 aromatic rings. The monoisotopic (exact) mass is 231 g/mol. The van der Waals surface area contributed by atoms with Gasteiger partial charge in [-0.15, -0.1) is 0 Å². The summed E-state index contributed by atoms with van der Waals surface area (Å²) in [6, 6.07) is 7.31. The van der Waals surface area contributed by atoms with Crippen molar-refractivity contribution in [1.82, 2.24) is 4.90 Å². The van der Waals surface area contributed by atoms with Crippen LogP contribution in [0.4, 0.5) is 0 Å². The van der Waals surface area contributed by atoms with Crippen molar-refractivity contribution in [3.63, 3.8) is 0 Å². The Kier molecular flexibility index (Phi) is 2.51. The van der Waals surface area contributed by atoms with E-state index in [1.807, 2.05) is 0 Å². The summed E-state index contributed by atoms with van der Waals surface area (Å²) < 4.78 is 2.31. The van der Waals surface area contributed by atoms with Gasteiger partial charge < -0.3 is 0 Å². The third kappa shape index (κ3) is 1.61. The summed E-state index contributed by atoms with van der Waals surface area (Å²) in [4.78, 5) is 2.67. The zero-order valence-corrected chi connectivity index (χ0v) is 11.2. The molecule has 3 aliphatic heterocycles. The molecular formula is C15H23N2+.